The van der Waals surface area contributed by atoms with Crippen LogP contribution in [0.2, 0.25) is 0 Å². The molecule has 1 rings (SSSR count). The summed E-state index contributed by atoms with van der Waals surface area (Å²) in [5, 5.41) is 2.75. The molecule has 0 aliphatic rings. The fourth-order valence-electron chi connectivity index (χ4n) is 1.23. The van der Waals surface area contributed by atoms with Crippen molar-refractivity contribution in [1.29, 1.82) is 0 Å². The zero-order valence-electron chi connectivity index (χ0n) is 9.83. The van der Waals surface area contributed by atoms with Crippen molar-refractivity contribution >= 4 is 33.2 Å². The molecule has 1 aromatic rings. The summed E-state index contributed by atoms with van der Waals surface area (Å²) in [4.78, 5) is 11.5. The van der Waals surface area contributed by atoms with Crippen molar-refractivity contribution in [2.24, 2.45) is 0 Å². The van der Waals surface area contributed by atoms with Crippen LogP contribution in [0.15, 0.2) is 22.7 Å². The molecular weight excluding hydrogens is 284 g/mol. The van der Waals surface area contributed by atoms with Gasteiger partial charge in [-0.2, -0.15) is 0 Å². The summed E-state index contributed by atoms with van der Waals surface area (Å²) in [5.74, 6) is -0.161. The molecule has 17 heavy (non-hydrogen) atoms. The molecule has 0 aromatic heterocycles. The second-order valence-electron chi connectivity index (χ2n) is 3.69. The molecule has 1 aromatic carbocycles. The summed E-state index contributed by atoms with van der Waals surface area (Å²) in [6.07, 6.45) is 2.03. The number of hydrogen-bond acceptors (Lipinski definition) is 3. The fourth-order valence-corrected chi connectivity index (χ4v) is 1.73. The molecule has 94 valence electrons. The van der Waals surface area contributed by atoms with Crippen LogP contribution in [-0.2, 0) is 9.53 Å². The van der Waals surface area contributed by atoms with E-state index in [1.165, 1.54) is 0 Å². The molecule has 3 N–H and O–H groups in total. The van der Waals surface area contributed by atoms with Crippen LogP contribution in [0.25, 0.3) is 0 Å². The van der Waals surface area contributed by atoms with Crippen LogP contribution in [0.5, 0.6) is 0 Å². The lowest BCUT2D eigenvalue weighted by molar-refractivity contribution is -0.120. The minimum Gasteiger partial charge on any atom is -0.399 e. The summed E-state index contributed by atoms with van der Waals surface area (Å²) >= 11 is 3.33. The summed E-state index contributed by atoms with van der Waals surface area (Å²) in [5.41, 5.74) is 6.95. The SMILES string of the molecule is CCCCOCC(=O)Nc1ccc(N)cc1Br. The number of nitrogens with two attached hydrogens (primary N) is 1. The zero-order chi connectivity index (χ0) is 12.7. The van der Waals surface area contributed by atoms with Crippen molar-refractivity contribution in [3.8, 4) is 0 Å². The highest BCUT2D eigenvalue weighted by Crippen LogP contribution is 2.24. The Kier molecular flexibility index (Phi) is 6.00. The molecule has 0 unspecified atom stereocenters. The van der Waals surface area contributed by atoms with E-state index >= 15 is 0 Å². The molecule has 0 aliphatic heterocycles. The molecule has 4 nitrogen and oxygen atoms in total. The van der Waals surface area contributed by atoms with Gasteiger partial charge in [0, 0.05) is 16.8 Å². The number of benzene rings is 1. The largest absolute Gasteiger partial charge is 0.399 e. The number of unbranched alkanes of at least 4 members (excludes halogenated alkanes) is 1. The van der Waals surface area contributed by atoms with Crippen LogP contribution in [0.3, 0.4) is 0 Å². The smallest absolute Gasteiger partial charge is 0.250 e. The number of amides is 1. The lowest BCUT2D eigenvalue weighted by atomic mass is 10.3. The molecule has 5 heteroatoms. The van der Waals surface area contributed by atoms with E-state index in [1.807, 2.05) is 0 Å². The van der Waals surface area contributed by atoms with Gasteiger partial charge < -0.3 is 15.8 Å². The number of nitrogens with one attached hydrogen (secondary N) is 1. The maximum Gasteiger partial charge on any atom is 0.250 e. The van der Waals surface area contributed by atoms with Gasteiger partial charge in [0.15, 0.2) is 0 Å². The molecular formula is C12H17BrN2O2. The van der Waals surface area contributed by atoms with Crippen molar-refractivity contribution in [2.45, 2.75) is 19.8 Å². The highest BCUT2D eigenvalue weighted by molar-refractivity contribution is 9.10. The Balaban J connectivity index is 2.40. The van der Waals surface area contributed by atoms with Crippen molar-refractivity contribution in [3.05, 3.63) is 22.7 Å². The monoisotopic (exact) mass is 300 g/mol. The fraction of sp³-hybridized carbons (Fsp3) is 0.417. The quantitative estimate of drug-likeness (QED) is 0.627. The minimum atomic E-state index is -0.161. The summed E-state index contributed by atoms with van der Waals surface area (Å²) < 4.78 is 5.98. The number of nitrogen functional groups attached to an aromatic ring is 1. The van der Waals surface area contributed by atoms with Gasteiger partial charge in [0.2, 0.25) is 5.91 Å². The molecule has 0 bridgehead atoms. The Morgan fingerprint density at radius 1 is 1.53 bits per heavy atom. The van der Waals surface area contributed by atoms with Gasteiger partial charge >= 0.3 is 0 Å². The van der Waals surface area contributed by atoms with Crippen LogP contribution in [0, 0.1) is 0 Å². The molecule has 0 saturated heterocycles. The van der Waals surface area contributed by atoms with Gasteiger partial charge in [-0.15, -0.1) is 0 Å². The third-order valence-corrected chi connectivity index (χ3v) is 2.80. The van der Waals surface area contributed by atoms with E-state index in [2.05, 4.69) is 28.2 Å². The predicted molar refractivity (Wildman–Crippen MR) is 72.9 cm³/mol. The maximum atomic E-state index is 11.5. The lowest BCUT2D eigenvalue weighted by Crippen LogP contribution is -2.18. The molecule has 0 saturated carbocycles. The number of rotatable bonds is 6. The van der Waals surface area contributed by atoms with Crippen molar-refractivity contribution in [3.63, 3.8) is 0 Å². The van der Waals surface area contributed by atoms with E-state index in [4.69, 9.17) is 10.5 Å². The summed E-state index contributed by atoms with van der Waals surface area (Å²) in [6.45, 7) is 2.78. The van der Waals surface area contributed by atoms with Gasteiger partial charge in [-0.05, 0) is 40.5 Å². The Morgan fingerprint density at radius 2 is 2.29 bits per heavy atom. The third-order valence-electron chi connectivity index (χ3n) is 2.14. The Morgan fingerprint density at radius 3 is 2.94 bits per heavy atom. The normalized spacial score (nSPS) is 10.2. The summed E-state index contributed by atoms with van der Waals surface area (Å²) in [7, 11) is 0. The molecule has 0 heterocycles. The number of halogens is 1. The van der Waals surface area contributed by atoms with Gasteiger partial charge in [-0.3, -0.25) is 4.79 Å². The lowest BCUT2D eigenvalue weighted by Gasteiger charge is -2.08. The number of carbonyl (C=O) groups is 1. The van der Waals surface area contributed by atoms with Crippen LogP contribution < -0.4 is 11.1 Å². The van der Waals surface area contributed by atoms with E-state index in [9.17, 15) is 4.79 Å². The minimum absolute atomic E-state index is 0.0802. The first kappa shape index (κ1) is 14.0. The van der Waals surface area contributed by atoms with E-state index in [0.29, 0.717) is 18.0 Å². The second-order valence-corrected chi connectivity index (χ2v) is 4.55. The van der Waals surface area contributed by atoms with Crippen LogP contribution >= 0.6 is 15.9 Å². The van der Waals surface area contributed by atoms with Gasteiger partial charge in [-0.1, -0.05) is 13.3 Å². The van der Waals surface area contributed by atoms with Crippen molar-refractivity contribution < 1.29 is 9.53 Å². The topological polar surface area (TPSA) is 64.3 Å². The maximum absolute atomic E-state index is 11.5. The van der Waals surface area contributed by atoms with Gasteiger partial charge in [0.1, 0.15) is 6.61 Å². The zero-order valence-corrected chi connectivity index (χ0v) is 11.4. The highest BCUT2D eigenvalue weighted by Gasteiger charge is 2.05. The van der Waals surface area contributed by atoms with Crippen LogP contribution in [0.1, 0.15) is 19.8 Å². The first-order chi connectivity index (χ1) is 8.13. The molecule has 0 spiro atoms. The standard InChI is InChI=1S/C12H17BrN2O2/c1-2-3-6-17-8-12(16)15-11-5-4-9(14)7-10(11)13/h4-5,7H,2-3,6,8,14H2,1H3,(H,15,16). The van der Waals surface area contributed by atoms with Gasteiger partial charge in [0.05, 0.1) is 5.69 Å². The first-order valence-electron chi connectivity index (χ1n) is 5.56. The third kappa shape index (κ3) is 5.19. The molecule has 0 atom stereocenters. The second kappa shape index (κ2) is 7.29. The van der Waals surface area contributed by atoms with Crippen LogP contribution in [-0.4, -0.2) is 19.1 Å². The average Bonchev–Trinajstić information content (AvgIpc) is 2.28. The van der Waals surface area contributed by atoms with Crippen LogP contribution in [0.4, 0.5) is 11.4 Å². The average molecular weight is 301 g/mol. The van der Waals surface area contributed by atoms with E-state index in [-0.39, 0.29) is 12.5 Å². The highest BCUT2D eigenvalue weighted by atomic mass is 79.9. The van der Waals surface area contributed by atoms with E-state index < -0.39 is 0 Å². The Labute approximate surface area is 110 Å². The number of anilines is 2. The first-order valence-corrected chi connectivity index (χ1v) is 6.35. The molecule has 1 amide bonds. The Hall–Kier alpha value is -1.07. The predicted octanol–water partition coefficient (Wildman–Crippen LogP) is 2.79. The Bertz CT molecular complexity index is 383. The van der Waals surface area contributed by atoms with E-state index in [0.717, 1.165) is 17.3 Å². The number of ether oxygens (including phenoxy) is 1. The van der Waals surface area contributed by atoms with Gasteiger partial charge in [-0.25, -0.2) is 0 Å². The summed E-state index contributed by atoms with van der Waals surface area (Å²) in [6, 6.07) is 5.23. The van der Waals surface area contributed by atoms with Crippen molar-refractivity contribution in [1.82, 2.24) is 0 Å². The number of hydrogen-bond donors (Lipinski definition) is 2. The van der Waals surface area contributed by atoms with E-state index in [1.54, 1.807) is 18.2 Å². The molecule has 0 aliphatic carbocycles. The molecule has 0 radical (unpaired) electrons. The van der Waals surface area contributed by atoms with Gasteiger partial charge in [0.25, 0.3) is 0 Å². The number of carbonyl (C=O) groups excluding carboxylic acids is 1. The molecule has 0 fully saturated rings. The van der Waals surface area contributed by atoms with Crippen molar-refractivity contribution in [2.75, 3.05) is 24.3 Å².